The normalized spacial score (nSPS) is 24.9. The highest BCUT2D eigenvalue weighted by Gasteiger charge is 2.33. The van der Waals surface area contributed by atoms with Gasteiger partial charge >= 0.3 is 0 Å². The number of benzene rings is 1. The molecule has 1 unspecified atom stereocenters. The maximum Gasteiger partial charge on any atom is 0.251 e. The molecule has 3 atom stereocenters. The second-order valence-corrected chi connectivity index (χ2v) is 7.50. The number of amides is 1. The van der Waals surface area contributed by atoms with E-state index in [0.717, 1.165) is 30.5 Å². The van der Waals surface area contributed by atoms with Crippen molar-refractivity contribution in [3.8, 4) is 0 Å². The van der Waals surface area contributed by atoms with E-state index in [0.29, 0.717) is 12.0 Å². The third-order valence-corrected chi connectivity index (χ3v) is 5.86. The maximum absolute atomic E-state index is 13.0. The molecule has 1 amide bonds. The zero-order chi connectivity index (χ0) is 17.8. The summed E-state index contributed by atoms with van der Waals surface area (Å²) in [5.41, 5.74) is 3.05. The van der Waals surface area contributed by atoms with E-state index in [4.69, 9.17) is 0 Å². The Labute approximate surface area is 151 Å². The van der Waals surface area contributed by atoms with Crippen molar-refractivity contribution in [2.75, 3.05) is 13.6 Å². The zero-order valence-electron chi connectivity index (χ0n) is 15.7. The van der Waals surface area contributed by atoms with Gasteiger partial charge in [-0.2, -0.15) is 0 Å². The number of likely N-dealkylation sites (N-methyl/N-ethyl adjacent to an activating group) is 1. The minimum Gasteiger partial charge on any atom is -0.347 e. The highest BCUT2D eigenvalue weighted by atomic mass is 16.1. The van der Waals surface area contributed by atoms with E-state index < -0.39 is 0 Å². The van der Waals surface area contributed by atoms with E-state index in [1.807, 2.05) is 19.1 Å². The number of allylic oxidation sites excluding steroid dienone is 3. The fourth-order valence-corrected chi connectivity index (χ4v) is 4.14. The Morgan fingerprint density at radius 3 is 2.80 bits per heavy atom. The number of hydrogen-bond donors (Lipinski definition) is 1. The average Bonchev–Trinajstić information content (AvgIpc) is 2.63. The molecule has 0 aromatic heterocycles. The van der Waals surface area contributed by atoms with E-state index in [1.54, 1.807) is 0 Å². The zero-order valence-corrected chi connectivity index (χ0v) is 15.7. The summed E-state index contributed by atoms with van der Waals surface area (Å²) >= 11 is 0. The van der Waals surface area contributed by atoms with E-state index in [-0.39, 0.29) is 11.9 Å². The molecule has 1 aromatic carbocycles. The van der Waals surface area contributed by atoms with Crippen LogP contribution >= 0.6 is 0 Å². The van der Waals surface area contributed by atoms with Crippen LogP contribution in [0.15, 0.2) is 42.5 Å². The van der Waals surface area contributed by atoms with Gasteiger partial charge in [0.2, 0.25) is 0 Å². The number of likely N-dealkylation sites (tertiary alicyclic amines) is 1. The molecule has 1 heterocycles. The van der Waals surface area contributed by atoms with Crippen LogP contribution in [0.2, 0.25) is 0 Å². The summed E-state index contributed by atoms with van der Waals surface area (Å²) in [5.74, 6) is 0.428. The van der Waals surface area contributed by atoms with Crippen LogP contribution in [0.4, 0.5) is 0 Å². The summed E-state index contributed by atoms with van der Waals surface area (Å²) < 4.78 is 0. The average molecular weight is 338 g/mol. The molecule has 0 bridgehead atoms. The highest BCUT2D eigenvalue weighted by Crippen LogP contribution is 2.27. The summed E-state index contributed by atoms with van der Waals surface area (Å²) in [6.07, 6.45) is 13.4. The second-order valence-electron chi connectivity index (χ2n) is 7.50. The number of nitrogens with one attached hydrogen (secondary N) is 1. The Morgan fingerprint density at radius 2 is 2.08 bits per heavy atom. The monoisotopic (exact) mass is 338 g/mol. The minimum atomic E-state index is 0.0631. The largest absolute Gasteiger partial charge is 0.347 e. The van der Waals surface area contributed by atoms with Crippen molar-refractivity contribution in [1.29, 1.82) is 0 Å². The Hall–Kier alpha value is -1.87. The fourth-order valence-electron chi connectivity index (χ4n) is 4.14. The van der Waals surface area contributed by atoms with Gasteiger partial charge in [0.15, 0.2) is 0 Å². The smallest absolute Gasteiger partial charge is 0.251 e. The number of hydrogen-bond acceptors (Lipinski definition) is 2. The van der Waals surface area contributed by atoms with Crippen molar-refractivity contribution < 1.29 is 4.79 Å². The van der Waals surface area contributed by atoms with Gasteiger partial charge in [0, 0.05) is 17.5 Å². The lowest BCUT2D eigenvalue weighted by atomic mass is 9.83. The van der Waals surface area contributed by atoms with Gasteiger partial charge in [-0.3, -0.25) is 4.79 Å². The van der Waals surface area contributed by atoms with Crippen LogP contribution in [0.1, 0.15) is 47.2 Å². The standard InChI is InChI=1S/C22H30N2O/c1-16-10-9-13-19(17(16)2)22(25)23-21(18-11-5-4-6-12-18)20-14-7-8-15-24(20)3/h4-6,9-11,13,18,20-21H,7-8,12,14-15H2,1-3H3,(H,23,25)/t18?,20-,21-/m0/s1. The topological polar surface area (TPSA) is 32.3 Å². The Kier molecular flexibility index (Phi) is 5.74. The Bertz CT molecular complexity index is 677. The SMILES string of the molecule is Cc1cccc(C(=O)N[C@@H](C2C=CC=CC2)[C@@H]2CCCCN2C)c1C. The van der Waals surface area contributed by atoms with E-state index in [9.17, 15) is 4.79 Å². The van der Waals surface area contributed by atoms with Crippen LogP contribution in [0.5, 0.6) is 0 Å². The molecule has 3 nitrogen and oxygen atoms in total. The van der Waals surface area contributed by atoms with Crippen LogP contribution < -0.4 is 5.32 Å². The first-order valence-electron chi connectivity index (χ1n) is 9.48. The molecular weight excluding hydrogens is 308 g/mol. The number of carbonyl (C=O) groups is 1. The summed E-state index contributed by atoms with van der Waals surface area (Å²) in [6, 6.07) is 6.54. The first-order chi connectivity index (χ1) is 12.1. The fraction of sp³-hybridized carbons (Fsp3) is 0.500. The van der Waals surface area contributed by atoms with Crippen LogP contribution in [0.3, 0.4) is 0 Å². The van der Waals surface area contributed by atoms with Gasteiger partial charge in [-0.05, 0) is 63.9 Å². The molecule has 25 heavy (non-hydrogen) atoms. The van der Waals surface area contributed by atoms with E-state index in [1.165, 1.54) is 18.4 Å². The summed E-state index contributed by atoms with van der Waals surface area (Å²) in [5, 5.41) is 3.41. The molecular formula is C22H30N2O. The van der Waals surface area contributed by atoms with Gasteiger partial charge in [-0.25, -0.2) is 0 Å². The van der Waals surface area contributed by atoms with E-state index >= 15 is 0 Å². The van der Waals surface area contributed by atoms with Gasteiger partial charge in [0.1, 0.15) is 0 Å². The molecule has 3 rings (SSSR count). The molecule has 0 radical (unpaired) electrons. The number of carbonyl (C=O) groups excluding carboxylic acids is 1. The van der Waals surface area contributed by atoms with Crippen molar-refractivity contribution >= 4 is 5.91 Å². The Morgan fingerprint density at radius 1 is 1.24 bits per heavy atom. The van der Waals surface area contributed by atoms with Gasteiger partial charge in [0.25, 0.3) is 5.91 Å². The molecule has 3 heteroatoms. The van der Waals surface area contributed by atoms with Gasteiger partial charge in [-0.1, -0.05) is 42.9 Å². The van der Waals surface area contributed by atoms with E-state index in [2.05, 4.69) is 54.6 Å². The summed E-state index contributed by atoms with van der Waals surface area (Å²) in [7, 11) is 2.20. The lowest BCUT2D eigenvalue weighted by molar-refractivity contribution is 0.0830. The minimum absolute atomic E-state index is 0.0631. The van der Waals surface area contributed by atoms with Gasteiger partial charge in [-0.15, -0.1) is 0 Å². The third kappa shape index (κ3) is 4.04. The first kappa shape index (κ1) is 17.9. The van der Waals surface area contributed by atoms with Crippen LogP contribution in [-0.4, -0.2) is 36.5 Å². The number of nitrogens with zero attached hydrogens (tertiary/aromatic N) is 1. The predicted octanol–water partition coefficient (Wildman–Crippen LogP) is 4.02. The molecule has 1 aliphatic heterocycles. The molecule has 0 spiro atoms. The first-order valence-corrected chi connectivity index (χ1v) is 9.48. The predicted molar refractivity (Wildman–Crippen MR) is 104 cm³/mol. The van der Waals surface area contributed by atoms with Crippen molar-refractivity contribution in [3.05, 3.63) is 59.2 Å². The van der Waals surface area contributed by atoms with Crippen molar-refractivity contribution in [3.63, 3.8) is 0 Å². The van der Waals surface area contributed by atoms with Gasteiger partial charge < -0.3 is 10.2 Å². The van der Waals surface area contributed by atoms with Crippen LogP contribution in [-0.2, 0) is 0 Å². The molecule has 1 aliphatic carbocycles. The van der Waals surface area contributed by atoms with Crippen molar-refractivity contribution in [2.24, 2.45) is 5.92 Å². The number of piperidine rings is 1. The lowest BCUT2D eigenvalue weighted by Crippen LogP contribution is -2.55. The molecule has 1 N–H and O–H groups in total. The molecule has 134 valence electrons. The lowest BCUT2D eigenvalue weighted by Gasteiger charge is -2.41. The number of rotatable bonds is 4. The molecule has 1 aromatic rings. The highest BCUT2D eigenvalue weighted by molar-refractivity contribution is 5.96. The maximum atomic E-state index is 13.0. The summed E-state index contributed by atoms with van der Waals surface area (Å²) in [6.45, 7) is 5.22. The quantitative estimate of drug-likeness (QED) is 0.899. The second kappa shape index (κ2) is 8.01. The Balaban J connectivity index is 1.83. The molecule has 0 saturated carbocycles. The van der Waals surface area contributed by atoms with Crippen LogP contribution in [0.25, 0.3) is 0 Å². The van der Waals surface area contributed by atoms with Crippen molar-refractivity contribution in [2.45, 2.75) is 51.6 Å². The van der Waals surface area contributed by atoms with Crippen LogP contribution in [0, 0.1) is 19.8 Å². The number of aryl methyl sites for hydroxylation is 1. The summed E-state index contributed by atoms with van der Waals surface area (Å²) in [4.78, 5) is 15.5. The molecule has 2 aliphatic rings. The molecule has 1 saturated heterocycles. The third-order valence-electron chi connectivity index (χ3n) is 5.86. The van der Waals surface area contributed by atoms with Gasteiger partial charge in [0.05, 0.1) is 6.04 Å². The van der Waals surface area contributed by atoms with Crippen molar-refractivity contribution in [1.82, 2.24) is 10.2 Å². The molecule has 1 fully saturated rings.